The number of hydrogen-bond acceptors (Lipinski definition) is 6. The van der Waals surface area contributed by atoms with E-state index >= 15 is 0 Å². The Bertz CT molecular complexity index is 850. The first-order valence-corrected chi connectivity index (χ1v) is 9.72. The number of benzene rings is 1. The Morgan fingerprint density at radius 1 is 1.33 bits per heavy atom. The summed E-state index contributed by atoms with van der Waals surface area (Å²) in [7, 11) is 0. The van der Waals surface area contributed by atoms with Crippen molar-refractivity contribution in [3.8, 4) is 6.07 Å². The molecule has 1 N–H and O–H groups in total. The van der Waals surface area contributed by atoms with E-state index in [4.69, 9.17) is 4.74 Å². The molecule has 0 spiro atoms. The van der Waals surface area contributed by atoms with Gasteiger partial charge in [0.1, 0.15) is 6.07 Å². The molecule has 1 aromatic carbocycles. The van der Waals surface area contributed by atoms with Gasteiger partial charge in [0.15, 0.2) is 0 Å². The van der Waals surface area contributed by atoms with Crippen molar-refractivity contribution in [2.75, 3.05) is 37.7 Å². The number of nitrogens with zero attached hydrogens (tertiary/aromatic N) is 4. The van der Waals surface area contributed by atoms with Gasteiger partial charge in [0.2, 0.25) is 0 Å². The van der Waals surface area contributed by atoms with E-state index in [0.29, 0.717) is 5.56 Å². The highest BCUT2D eigenvalue weighted by Gasteiger charge is 2.31. The molecule has 2 aromatic rings. The van der Waals surface area contributed by atoms with Gasteiger partial charge in [-0.05, 0) is 50.6 Å². The summed E-state index contributed by atoms with van der Waals surface area (Å²) in [5, 5.41) is 20.0. The average molecular weight is 366 g/mol. The molecule has 0 amide bonds. The fourth-order valence-electron chi connectivity index (χ4n) is 4.47. The zero-order chi connectivity index (χ0) is 18.8. The number of nitriles is 1. The lowest BCUT2D eigenvalue weighted by atomic mass is 10.1. The van der Waals surface area contributed by atoms with Gasteiger partial charge >= 0.3 is 0 Å². The van der Waals surface area contributed by atoms with Crippen LogP contribution in [0, 0.1) is 11.3 Å². The minimum Gasteiger partial charge on any atom is -0.395 e. The van der Waals surface area contributed by atoms with E-state index in [2.05, 4.69) is 27.8 Å². The molecule has 2 aliphatic rings. The molecule has 2 aliphatic heterocycles. The normalized spacial score (nSPS) is 26.4. The molecule has 2 saturated heterocycles. The maximum atomic E-state index is 9.59. The number of anilines is 1. The van der Waals surface area contributed by atoms with E-state index < -0.39 is 0 Å². The molecule has 3 heterocycles. The standard InChI is InChI=1S/C21H26N4O2/c1-15-11-25(13-18(27-15)12-24-9-3-4-17(24)14-26)20-7-6-16(10-22)21-19(20)5-2-8-23-21/h2,5-8,15,17-18,26H,3-4,9,11-14H2,1H3/t15-,17-,18-/m1/s1. The van der Waals surface area contributed by atoms with Crippen LogP contribution in [0.25, 0.3) is 10.9 Å². The van der Waals surface area contributed by atoms with Gasteiger partial charge in [0, 0.05) is 42.9 Å². The van der Waals surface area contributed by atoms with E-state index in [9.17, 15) is 10.4 Å². The van der Waals surface area contributed by atoms with E-state index in [1.54, 1.807) is 6.20 Å². The summed E-state index contributed by atoms with van der Waals surface area (Å²) in [5.74, 6) is 0. The van der Waals surface area contributed by atoms with Crippen LogP contribution in [0.1, 0.15) is 25.3 Å². The second kappa shape index (κ2) is 7.81. The number of morpholine rings is 1. The highest BCUT2D eigenvalue weighted by Crippen LogP contribution is 2.30. The maximum Gasteiger partial charge on any atom is 0.101 e. The van der Waals surface area contributed by atoms with Crippen LogP contribution >= 0.6 is 0 Å². The number of rotatable bonds is 4. The minimum atomic E-state index is 0.100. The summed E-state index contributed by atoms with van der Waals surface area (Å²) in [5.41, 5.74) is 2.47. The Hall–Kier alpha value is -2.20. The number of hydrogen-bond donors (Lipinski definition) is 1. The molecule has 0 radical (unpaired) electrons. The third-order valence-corrected chi connectivity index (χ3v) is 5.68. The van der Waals surface area contributed by atoms with Crippen LogP contribution in [-0.4, -0.2) is 66.0 Å². The number of aliphatic hydroxyl groups excluding tert-OH is 1. The molecular weight excluding hydrogens is 340 g/mol. The quantitative estimate of drug-likeness (QED) is 0.894. The van der Waals surface area contributed by atoms with E-state index in [-0.39, 0.29) is 24.9 Å². The van der Waals surface area contributed by atoms with Crippen molar-refractivity contribution in [1.82, 2.24) is 9.88 Å². The second-order valence-corrected chi connectivity index (χ2v) is 7.59. The number of likely N-dealkylation sites (tertiary alicyclic amines) is 1. The fourth-order valence-corrected chi connectivity index (χ4v) is 4.47. The molecular formula is C21H26N4O2. The Kier molecular flexibility index (Phi) is 5.26. The van der Waals surface area contributed by atoms with Gasteiger partial charge in [-0.2, -0.15) is 5.26 Å². The zero-order valence-electron chi connectivity index (χ0n) is 15.7. The highest BCUT2D eigenvalue weighted by atomic mass is 16.5. The maximum absolute atomic E-state index is 9.59. The SMILES string of the molecule is C[C@@H]1CN(c2ccc(C#N)c3ncccc23)C[C@@H](CN2CCC[C@@H]2CO)O1. The fraction of sp³-hybridized carbons (Fsp3) is 0.524. The van der Waals surface area contributed by atoms with Gasteiger partial charge in [0.05, 0.1) is 29.9 Å². The van der Waals surface area contributed by atoms with E-state index in [0.717, 1.165) is 55.6 Å². The molecule has 6 nitrogen and oxygen atoms in total. The zero-order valence-corrected chi connectivity index (χ0v) is 15.7. The third-order valence-electron chi connectivity index (χ3n) is 5.68. The number of ether oxygens (including phenoxy) is 1. The molecule has 0 saturated carbocycles. The van der Waals surface area contributed by atoms with Crippen LogP contribution in [0.5, 0.6) is 0 Å². The summed E-state index contributed by atoms with van der Waals surface area (Å²) in [6, 6.07) is 10.4. The number of aromatic nitrogens is 1. The molecule has 2 fully saturated rings. The van der Waals surface area contributed by atoms with Crippen molar-refractivity contribution >= 4 is 16.6 Å². The van der Waals surface area contributed by atoms with Gasteiger partial charge in [-0.15, -0.1) is 0 Å². The van der Waals surface area contributed by atoms with Gasteiger partial charge in [0.25, 0.3) is 0 Å². The van der Waals surface area contributed by atoms with Crippen LogP contribution < -0.4 is 4.90 Å². The highest BCUT2D eigenvalue weighted by molar-refractivity contribution is 5.95. The summed E-state index contributed by atoms with van der Waals surface area (Å²) in [4.78, 5) is 9.15. The monoisotopic (exact) mass is 366 g/mol. The number of pyridine rings is 1. The molecule has 0 bridgehead atoms. The lowest BCUT2D eigenvalue weighted by molar-refractivity contribution is -0.0362. The van der Waals surface area contributed by atoms with Crippen molar-refractivity contribution in [1.29, 1.82) is 5.26 Å². The Labute approximate surface area is 160 Å². The lowest BCUT2D eigenvalue weighted by Crippen LogP contribution is -2.51. The summed E-state index contributed by atoms with van der Waals surface area (Å²) in [6.45, 7) is 5.82. The predicted molar refractivity (Wildman–Crippen MR) is 105 cm³/mol. The Morgan fingerprint density at radius 2 is 2.22 bits per heavy atom. The van der Waals surface area contributed by atoms with Gasteiger partial charge in [-0.25, -0.2) is 0 Å². The van der Waals surface area contributed by atoms with Crippen molar-refractivity contribution in [3.63, 3.8) is 0 Å². The summed E-state index contributed by atoms with van der Waals surface area (Å²) >= 11 is 0. The third kappa shape index (κ3) is 3.63. The lowest BCUT2D eigenvalue weighted by Gasteiger charge is -2.40. The van der Waals surface area contributed by atoms with Gasteiger partial charge in [-0.1, -0.05) is 0 Å². The van der Waals surface area contributed by atoms with Crippen molar-refractivity contribution < 1.29 is 9.84 Å². The first kappa shape index (κ1) is 18.2. The van der Waals surface area contributed by atoms with Gasteiger partial charge in [-0.3, -0.25) is 9.88 Å². The average Bonchev–Trinajstić information content (AvgIpc) is 3.13. The molecule has 142 valence electrons. The van der Waals surface area contributed by atoms with Crippen molar-refractivity contribution in [2.45, 2.75) is 38.0 Å². The largest absolute Gasteiger partial charge is 0.395 e. The smallest absolute Gasteiger partial charge is 0.101 e. The van der Waals surface area contributed by atoms with Crippen LogP contribution in [0.2, 0.25) is 0 Å². The van der Waals surface area contributed by atoms with Crippen LogP contribution in [-0.2, 0) is 4.74 Å². The minimum absolute atomic E-state index is 0.100. The molecule has 4 rings (SSSR count). The molecule has 6 heteroatoms. The van der Waals surface area contributed by atoms with Crippen molar-refractivity contribution in [2.24, 2.45) is 0 Å². The van der Waals surface area contributed by atoms with Gasteiger partial charge < -0.3 is 14.7 Å². The summed E-state index contributed by atoms with van der Waals surface area (Å²) in [6.07, 6.45) is 4.17. The van der Waals surface area contributed by atoms with Crippen molar-refractivity contribution in [3.05, 3.63) is 36.0 Å². The van der Waals surface area contributed by atoms with Crippen LogP contribution in [0.3, 0.4) is 0 Å². The topological polar surface area (TPSA) is 72.6 Å². The predicted octanol–water partition coefficient (Wildman–Crippen LogP) is 2.16. The van der Waals surface area contributed by atoms with E-state index in [1.807, 2.05) is 24.3 Å². The van der Waals surface area contributed by atoms with Crippen LogP contribution in [0.15, 0.2) is 30.5 Å². The molecule has 27 heavy (non-hydrogen) atoms. The molecule has 1 aromatic heterocycles. The van der Waals surface area contributed by atoms with Crippen LogP contribution in [0.4, 0.5) is 5.69 Å². The Morgan fingerprint density at radius 3 is 3.04 bits per heavy atom. The molecule has 0 unspecified atom stereocenters. The number of fused-ring (bicyclic) bond motifs is 1. The Balaban J connectivity index is 1.59. The summed E-state index contributed by atoms with van der Waals surface area (Å²) < 4.78 is 6.22. The second-order valence-electron chi connectivity index (χ2n) is 7.59. The molecule has 3 atom stereocenters. The number of aliphatic hydroxyl groups is 1. The van der Waals surface area contributed by atoms with E-state index in [1.165, 1.54) is 0 Å². The molecule has 0 aliphatic carbocycles. The first-order chi connectivity index (χ1) is 13.2. The first-order valence-electron chi connectivity index (χ1n) is 9.72.